The van der Waals surface area contributed by atoms with Crippen LogP contribution < -0.4 is 26.0 Å². The van der Waals surface area contributed by atoms with E-state index in [2.05, 4.69) is 35.1 Å². The maximum absolute atomic E-state index is 13.2. The summed E-state index contributed by atoms with van der Waals surface area (Å²) in [6.45, 7) is 6.27. The van der Waals surface area contributed by atoms with E-state index in [1.165, 1.54) is 25.5 Å². The average molecular weight is 565 g/mol. The normalized spacial score (nSPS) is 19.7. The van der Waals surface area contributed by atoms with Crippen molar-refractivity contribution < 1.29 is 32.3 Å². The Bertz CT molecular complexity index is 1110. The molecule has 11 heteroatoms. The molecule has 3 rings (SSSR count). The van der Waals surface area contributed by atoms with Gasteiger partial charge in [-0.15, -0.1) is 0 Å². The molecule has 2 aromatic carbocycles. The number of aryl methyl sites for hydroxylation is 1. The number of rotatable bonds is 2. The van der Waals surface area contributed by atoms with Gasteiger partial charge in [0.25, 0.3) is 0 Å². The van der Waals surface area contributed by atoms with Crippen molar-refractivity contribution in [3.05, 3.63) is 65.2 Å². The summed E-state index contributed by atoms with van der Waals surface area (Å²) in [7, 11) is 0. The number of fused-ring (bicyclic) bond motifs is 1. The first-order valence-corrected chi connectivity index (χ1v) is 13.5. The Hall–Kier alpha value is -3.60. The van der Waals surface area contributed by atoms with E-state index in [0.29, 0.717) is 30.7 Å². The van der Waals surface area contributed by atoms with Crippen LogP contribution in [0.4, 0.5) is 13.2 Å². The Morgan fingerprint density at radius 3 is 2.40 bits per heavy atom. The largest absolute Gasteiger partial charge is 0.492 e. The van der Waals surface area contributed by atoms with Crippen LogP contribution in [0.3, 0.4) is 0 Å². The second kappa shape index (κ2) is 16.5. The zero-order valence-corrected chi connectivity index (χ0v) is 23.2. The minimum absolute atomic E-state index is 0.0350. The van der Waals surface area contributed by atoms with E-state index in [0.717, 1.165) is 17.7 Å². The van der Waals surface area contributed by atoms with Crippen molar-refractivity contribution in [1.29, 1.82) is 0 Å². The van der Waals surface area contributed by atoms with Gasteiger partial charge in [-0.05, 0) is 49.4 Å². The Morgan fingerprint density at radius 1 is 0.950 bits per heavy atom. The van der Waals surface area contributed by atoms with Crippen molar-refractivity contribution in [3.63, 3.8) is 0 Å². The van der Waals surface area contributed by atoms with Gasteiger partial charge in [0.2, 0.25) is 17.7 Å². The minimum atomic E-state index is -4.51. The molecule has 1 heterocycles. The lowest BCUT2D eigenvalue weighted by Gasteiger charge is -2.21. The van der Waals surface area contributed by atoms with E-state index >= 15 is 0 Å². The Balaban J connectivity index is 0.00000178. The zero-order valence-electron chi connectivity index (χ0n) is 23.2. The second-order valence-corrected chi connectivity index (χ2v) is 9.47. The van der Waals surface area contributed by atoms with Crippen LogP contribution in [0.5, 0.6) is 5.75 Å². The smallest absolute Gasteiger partial charge is 0.416 e. The molecule has 0 saturated carbocycles. The van der Waals surface area contributed by atoms with Crippen LogP contribution >= 0.6 is 0 Å². The van der Waals surface area contributed by atoms with E-state index in [4.69, 9.17) is 4.74 Å². The molecule has 0 radical (unpaired) electrons. The zero-order chi connectivity index (χ0) is 29.5. The molecule has 8 nitrogen and oxygen atoms in total. The van der Waals surface area contributed by atoms with Crippen LogP contribution in [0.15, 0.2) is 48.5 Å². The highest BCUT2D eigenvalue weighted by Crippen LogP contribution is 2.29. The highest BCUT2D eigenvalue weighted by molar-refractivity contribution is 5.91. The molecule has 0 saturated heterocycles. The summed E-state index contributed by atoms with van der Waals surface area (Å²) in [4.78, 5) is 37.4. The van der Waals surface area contributed by atoms with Crippen molar-refractivity contribution in [2.75, 3.05) is 26.2 Å². The number of para-hydroxylation sites is 1. The van der Waals surface area contributed by atoms with Crippen LogP contribution in [-0.2, 0) is 33.4 Å². The molecule has 1 aliphatic heterocycles. The van der Waals surface area contributed by atoms with Crippen LogP contribution in [0.1, 0.15) is 50.3 Å². The number of halogens is 3. The topological polar surface area (TPSA) is 109 Å². The minimum Gasteiger partial charge on any atom is -0.492 e. The molecule has 4 N–H and O–H groups in total. The Kier molecular flexibility index (Phi) is 13.4. The Labute approximate surface area is 233 Å². The maximum Gasteiger partial charge on any atom is 0.416 e. The standard InChI is InChI=1S/C26H31F3N4O4.C3H8/c1-17-24(35)31-11-5-8-19-7-2-3-10-22(19)37-13-12-30-21(25(36)32-16-23(34)33-17)15-18-6-4-9-20(14-18)26(27,28)29;1-3-2/h2-4,6-7,9-10,14,17,21,30H,5,8,11-13,15-16H2,1H3,(H,31,35)(H,32,36)(H,33,34);3H2,1-2H3/t17?,21-;/m1./s1. The molecule has 2 aromatic rings. The lowest BCUT2D eigenvalue weighted by molar-refractivity contribution is -0.137. The number of carbonyl (C=O) groups excluding carboxylic acids is 3. The fraction of sp³-hybridized carbons (Fsp3) is 0.483. The predicted octanol–water partition coefficient (Wildman–Crippen LogP) is 3.38. The summed E-state index contributed by atoms with van der Waals surface area (Å²) in [5.41, 5.74) is 0.459. The van der Waals surface area contributed by atoms with Crippen molar-refractivity contribution >= 4 is 17.7 Å². The molecule has 2 atom stereocenters. The van der Waals surface area contributed by atoms with Gasteiger partial charge in [0.15, 0.2) is 0 Å². The fourth-order valence-corrected chi connectivity index (χ4v) is 3.91. The van der Waals surface area contributed by atoms with Crippen LogP contribution in [0, 0.1) is 0 Å². The first kappa shape index (κ1) is 32.6. The molecule has 0 spiro atoms. The third-order valence-corrected chi connectivity index (χ3v) is 5.85. The first-order valence-electron chi connectivity index (χ1n) is 13.5. The average Bonchev–Trinajstić information content (AvgIpc) is 2.91. The molecule has 1 aliphatic rings. The molecular weight excluding hydrogens is 525 g/mol. The van der Waals surface area contributed by atoms with E-state index in [1.807, 2.05) is 24.3 Å². The van der Waals surface area contributed by atoms with E-state index < -0.39 is 35.6 Å². The van der Waals surface area contributed by atoms with Gasteiger partial charge >= 0.3 is 6.18 Å². The SMILES string of the molecule is CC1NC(=O)CNC(=O)[C@@H](Cc2cccc(C(F)(F)F)c2)NCCOc2ccccc2CCCNC1=O.CCC. The van der Waals surface area contributed by atoms with Crippen molar-refractivity contribution in [1.82, 2.24) is 21.3 Å². The quantitative estimate of drug-likeness (QED) is 0.447. The highest BCUT2D eigenvalue weighted by Gasteiger charge is 2.31. The van der Waals surface area contributed by atoms with Gasteiger partial charge in [0.05, 0.1) is 18.2 Å². The van der Waals surface area contributed by atoms with Gasteiger partial charge in [-0.25, -0.2) is 0 Å². The summed E-state index contributed by atoms with van der Waals surface area (Å²) in [6, 6.07) is 10.5. The molecule has 0 aromatic heterocycles. The van der Waals surface area contributed by atoms with Crippen LogP contribution in [0.2, 0.25) is 0 Å². The van der Waals surface area contributed by atoms with Gasteiger partial charge in [-0.2, -0.15) is 13.2 Å². The van der Waals surface area contributed by atoms with Crippen LogP contribution in [0.25, 0.3) is 0 Å². The van der Waals surface area contributed by atoms with Crippen molar-refractivity contribution in [3.8, 4) is 5.75 Å². The summed E-state index contributed by atoms with van der Waals surface area (Å²) in [5.74, 6) is -0.802. The summed E-state index contributed by atoms with van der Waals surface area (Å²) >= 11 is 0. The maximum atomic E-state index is 13.2. The Morgan fingerprint density at radius 2 is 1.68 bits per heavy atom. The summed E-state index contributed by atoms with van der Waals surface area (Å²) in [6.07, 6.45) is -1.97. The van der Waals surface area contributed by atoms with Gasteiger partial charge in [-0.3, -0.25) is 14.4 Å². The number of carbonyl (C=O) groups is 3. The van der Waals surface area contributed by atoms with Crippen molar-refractivity contribution in [2.45, 2.75) is 64.7 Å². The number of amides is 3. The first-order chi connectivity index (χ1) is 19.0. The molecule has 220 valence electrons. The van der Waals surface area contributed by atoms with E-state index in [-0.39, 0.29) is 32.0 Å². The molecular formula is C29H39F3N4O4. The lowest BCUT2D eigenvalue weighted by atomic mass is 10.0. The van der Waals surface area contributed by atoms with E-state index in [9.17, 15) is 27.6 Å². The summed E-state index contributed by atoms with van der Waals surface area (Å²) < 4.78 is 45.3. The summed E-state index contributed by atoms with van der Waals surface area (Å²) in [5, 5.41) is 10.8. The second-order valence-electron chi connectivity index (χ2n) is 9.47. The fourth-order valence-electron chi connectivity index (χ4n) is 3.91. The van der Waals surface area contributed by atoms with Crippen LogP contribution in [-0.4, -0.2) is 56.0 Å². The predicted molar refractivity (Wildman–Crippen MR) is 147 cm³/mol. The lowest BCUT2D eigenvalue weighted by Crippen LogP contribution is -2.51. The third kappa shape index (κ3) is 11.3. The third-order valence-electron chi connectivity index (χ3n) is 5.85. The monoisotopic (exact) mass is 564 g/mol. The molecule has 40 heavy (non-hydrogen) atoms. The van der Waals surface area contributed by atoms with Gasteiger partial charge in [0, 0.05) is 13.1 Å². The molecule has 0 fully saturated rings. The van der Waals surface area contributed by atoms with Gasteiger partial charge in [0.1, 0.15) is 18.4 Å². The number of nitrogens with one attached hydrogen (secondary N) is 4. The number of benzene rings is 2. The number of hydrogen-bond donors (Lipinski definition) is 4. The molecule has 1 unspecified atom stereocenters. The molecule has 0 bridgehead atoms. The van der Waals surface area contributed by atoms with Gasteiger partial charge < -0.3 is 26.0 Å². The number of hydrogen-bond acceptors (Lipinski definition) is 5. The highest BCUT2D eigenvalue weighted by atomic mass is 19.4. The number of alkyl halides is 3. The number of ether oxygens (including phenoxy) is 1. The van der Waals surface area contributed by atoms with E-state index in [1.54, 1.807) is 0 Å². The molecule has 3 amide bonds. The van der Waals surface area contributed by atoms with Gasteiger partial charge in [-0.1, -0.05) is 56.7 Å². The van der Waals surface area contributed by atoms with Crippen molar-refractivity contribution in [2.24, 2.45) is 0 Å². The molecule has 0 aliphatic carbocycles.